The van der Waals surface area contributed by atoms with Crippen molar-refractivity contribution in [2.75, 3.05) is 0 Å². The monoisotopic (exact) mass is 672 g/mol. The first kappa shape index (κ1) is 34.0. The molecule has 1 rings (SSSR count). The van der Waals surface area contributed by atoms with Crippen LogP contribution in [0.4, 0.5) is 30.7 Å². The normalized spacial score (nSPS) is 15.4. The van der Waals surface area contributed by atoms with Crippen LogP contribution in [0.1, 0.15) is 36.2 Å². The maximum Gasteiger partial charge on any atom is 0.399 e. The summed E-state index contributed by atoms with van der Waals surface area (Å²) in [6, 6.07) is 3.09. The van der Waals surface area contributed by atoms with Gasteiger partial charge in [0.1, 0.15) is 18.2 Å². The third-order valence-electron chi connectivity index (χ3n) is 4.46. The molecule has 2 atom stereocenters. The minimum Gasteiger partial charge on any atom is -0.336 e. The van der Waals surface area contributed by atoms with Crippen molar-refractivity contribution in [3.05, 3.63) is 73.2 Å². The number of nitrogens with one attached hydrogen (secondary N) is 2. The molecule has 0 aliphatic heterocycles. The summed E-state index contributed by atoms with van der Waals surface area (Å²) in [5.41, 5.74) is -1.11. The lowest BCUT2D eigenvalue weighted by Gasteiger charge is -2.18. The Morgan fingerprint density at radius 2 is 1.68 bits per heavy atom. The van der Waals surface area contributed by atoms with Gasteiger partial charge in [-0.1, -0.05) is 47.4 Å². The molecule has 2 amide bonds. The van der Waals surface area contributed by atoms with Gasteiger partial charge in [-0.15, -0.1) is 0 Å². The van der Waals surface area contributed by atoms with Crippen molar-refractivity contribution in [3.8, 4) is 0 Å². The van der Waals surface area contributed by atoms with Crippen molar-refractivity contribution in [2.45, 2.75) is 38.8 Å². The zero-order valence-corrected chi connectivity index (χ0v) is 23.3. The highest BCUT2D eigenvalue weighted by molar-refractivity contribution is 9.10. The van der Waals surface area contributed by atoms with Crippen LogP contribution in [0.5, 0.6) is 0 Å². The highest BCUT2D eigenvalue weighted by Gasteiger charge is 2.40. The lowest BCUT2D eigenvalue weighted by molar-refractivity contribution is -0.154. The van der Waals surface area contributed by atoms with Crippen LogP contribution in [0.15, 0.2) is 62.1 Å². The van der Waals surface area contributed by atoms with E-state index >= 15 is 0 Å². The zero-order valence-electron chi connectivity index (χ0n) is 19.4. The van der Waals surface area contributed by atoms with Crippen LogP contribution in [0.3, 0.4) is 0 Å². The number of carbonyl (C=O) groups is 2. The Morgan fingerprint density at radius 3 is 2.16 bits per heavy atom. The number of halogens is 11. The van der Waals surface area contributed by atoms with Crippen molar-refractivity contribution in [1.82, 2.24) is 10.6 Å². The van der Waals surface area contributed by atoms with Gasteiger partial charge in [0.25, 0.3) is 5.91 Å². The summed E-state index contributed by atoms with van der Waals surface area (Å²) in [6.07, 6.45) is -11.6. The summed E-state index contributed by atoms with van der Waals surface area (Å²) in [5, 5.41) is 3.62. The molecule has 38 heavy (non-hydrogen) atoms. The van der Waals surface area contributed by atoms with Gasteiger partial charge in [0, 0.05) is 15.1 Å². The molecule has 0 heterocycles. The Morgan fingerprint density at radius 1 is 1.11 bits per heavy atom. The molecule has 0 aromatic heterocycles. The first-order valence-electron chi connectivity index (χ1n) is 10.2. The molecular formula is C23H19BrCl3F7N2O2. The van der Waals surface area contributed by atoms with Crippen molar-refractivity contribution < 1.29 is 40.3 Å². The molecular weight excluding hydrogens is 656 g/mol. The van der Waals surface area contributed by atoms with E-state index in [0.717, 1.165) is 24.3 Å². The highest BCUT2D eigenvalue weighted by Crippen LogP contribution is 2.38. The van der Waals surface area contributed by atoms with Crippen LogP contribution in [-0.4, -0.2) is 30.3 Å². The first-order chi connectivity index (χ1) is 17.2. The molecule has 1 aromatic rings. The Labute approximate surface area is 236 Å². The van der Waals surface area contributed by atoms with Crippen molar-refractivity contribution in [2.24, 2.45) is 5.92 Å². The molecule has 2 N–H and O–H groups in total. The Kier molecular flexibility index (Phi) is 12.4. The molecule has 0 saturated carbocycles. The second-order valence-electron chi connectivity index (χ2n) is 7.70. The average molecular weight is 675 g/mol. The van der Waals surface area contributed by atoms with Crippen LogP contribution in [0.2, 0.25) is 0 Å². The number of amides is 2. The number of rotatable bonds is 9. The van der Waals surface area contributed by atoms with E-state index in [1.54, 1.807) is 0 Å². The number of alkyl halides is 6. The molecule has 0 bridgehead atoms. The van der Waals surface area contributed by atoms with Gasteiger partial charge in [-0.3, -0.25) is 9.59 Å². The summed E-state index contributed by atoms with van der Waals surface area (Å²) >= 11 is 20.3. The third kappa shape index (κ3) is 11.0. The molecule has 1 unspecified atom stereocenters. The molecule has 0 aliphatic rings. The lowest BCUT2D eigenvalue weighted by atomic mass is 9.97. The molecule has 15 heteroatoms. The third-order valence-corrected chi connectivity index (χ3v) is 6.29. The quantitative estimate of drug-likeness (QED) is 0.157. The van der Waals surface area contributed by atoms with E-state index in [2.05, 4.69) is 27.8 Å². The SMILES string of the molecule is C=C(/C=C(Cl)\C(Cl)=C(/C)Cl)C(/C=C(\F)c1ccc(C(=O)N[C@H](C)NC(=O)CC(F)(F)F)c(Br)c1)C(F)(F)F. The van der Waals surface area contributed by atoms with Crippen LogP contribution in [0, 0.1) is 5.92 Å². The van der Waals surface area contributed by atoms with E-state index in [1.165, 1.54) is 13.8 Å². The van der Waals surface area contributed by atoms with Gasteiger partial charge in [-0.05, 0) is 59.6 Å². The van der Waals surface area contributed by atoms with Crippen molar-refractivity contribution in [3.63, 3.8) is 0 Å². The number of benzene rings is 1. The van der Waals surface area contributed by atoms with Gasteiger partial charge < -0.3 is 10.6 Å². The number of carbonyl (C=O) groups excluding carboxylic acids is 2. The molecule has 0 fully saturated rings. The Hall–Kier alpha value is -2.02. The average Bonchev–Trinajstić information content (AvgIpc) is 2.73. The van der Waals surface area contributed by atoms with Gasteiger partial charge >= 0.3 is 12.4 Å². The molecule has 0 spiro atoms. The van der Waals surface area contributed by atoms with Gasteiger partial charge in [0.15, 0.2) is 0 Å². The summed E-state index contributed by atoms with van der Waals surface area (Å²) in [5.74, 6) is -6.05. The Balaban J connectivity index is 3.14. The van der Waals surface area contributed by atoms with E-state index in [4.69, 9.17) is 34.8 Å². The maximum absolute atomic E-state index is 14.9. The molecule has 0 aliphatic carbocycles. The number of hydrogen-bond acceptors (Lipinski definition) is 2. The minimum absolute atomic E-state index is 0.0121. The van der Waals surface area contributed by atoms with Gasteiger partial charge in [-0.2, -0.15) is 26.3 Å². The minimum atomic E-state index is -4.96. The molecule has 0 saturated heterocycles. The van der Waals surface area contributed by atoms with Crippen LogP contribution < -0.4 is 10.6 Å². The number of allylic oxidation sites excluding steroid dienone is 6. The molecule has 0 radical (unpaired) electrons. The second kappa shape index (κ2) is 13.9. The first-order valence-corrected chi connectivity index (χ1v) is 12.1. The molecule has 1 aromatic carbocycles. The van der Waals surface area contributed by atoms with Gasteiger partial charge in [0.05, 0.1) is 21.8 Å². The predicted octanol–water partition coefficient (Wildman–Crippen LogP) is 8.47. The molecule has 4 nitrogen and oxygen atoms in total. The van der Waals surface area contributed by atoms with E-state index in [1.807, 2.05) is 5.32 Å². The Bertz CT molecular complexity index is 1170. The highest BCUT2D eigenvalue weighted by atomic mass is 79.9. The van der Waals surface area contributed by atoms with Crippen LogP contribution in [-0.2, 0) is 4.79 Å². The van der Waals surface area contributed by atoms with Crippen molar-refractivity contribution >= 4 is 68.4 Å². The predicted molar refractivity (Wildman–Crippen MR) is 136 cm³/mol. The largest absolute Gasteiger partial charge is 0.399 e. The van der Waals surface area contributed by atoms with Crippen molar-refractivity contribution in [1.29, 1.82) is 0 Å². The van der Waals surface area contributed by atoms with Crippen LogP contribution >= 0.6 is 50.7 Å². The summed E-state index contributed by atoms with van der Waals surface area (Å²) < 4.78 is 92.5. The number of hydrogen-bond donors (Lipinski definition) is 2. The van der Waals surface area contributed by atoms with E-state index in [-0.39, 0.29) is 36.8 Å². The van der Waals surface area contributed by atoms with E-state index in [9.17, 15) is 40.3 Å². The maximum atomic E-state index is 14.9. The summed E-state index contributed by atoms with van der Waals surface area (Å²) in [4.78, 5) is 23.8. The topological polar surface area (TPSA) is 58.2 Å². The van der Waals surface area contributed by atoms with Crippen LogP contribution in [0.25, 0.3) is 5.83 Å². The standard InChI is InChI=1S/C23H19BrCl3F7N2O2/c1-10(6-17(26)20(27)11(2)25)15(23(32,33)34)8-18(28)13-4-5-14(16(24)7-13)21(38)36-12(3)35-19(37)9-22(29,30)31/h4-8,12,15H,1,9H2,2-3H3,(H,35,37)(H,36,38)/b17-6+,18-8-,20-11-/t12-,15?/m1/s1. The lowest BCUT2D eigenvalue weighted by Crippen LogP contribution is -2.46. The molecule has 210 valence electrons. The smallest absolute Gasteiger partial charge is 0.336 e. The van der Waals surface area contributed by atoms with E-state index in [0.29, 0.717) is 0 Å². The summed E-state index contributed by atoms with van der Waals surface area (Å²) in [6.45, 7) is 5.87. The van der Waals surface area contributed by atoms with Gasteiger partial charge in [0.2, 0.25) is 5.91 Å². The second-order valence-corrected chi connectivity index (χ2v) is 9.90. The fraction of sp³-hybridized carbons (Fsp3) is 0.304. The fourth-order valence-electron chi connectivity index (χ4n) is 2.77. The zero-order chi connectivity index (χ0) is 29.6. The van der Waals surface area contributed by atoms with E-state index < -0.39 is 54.1 Å². The fourth-order valence-corrected chi connectivity index (χ4v) is 3.81. The van der Waals surface area contributed by atoms with Gasteiger partial charge in [-0.25, -0.2) is 4.39 Å². The summed E-state index contributed by atoms with van der Waals surface area (Å²) in [7, 11) is 0.